The van der Waals surface area contributed by atoms with Gasteiger partial charge in [0.05, 0.1) is 13.0 Å². The lowest BCUT2D eigenvalue weighted by Gasteiger charge is -2.31. The number of carbonyl (C=O) groups excluding carboxylic acids is 2. The predicted octanol–water partition coefficient (Wildman–Crippen LogP) is 3.15. The Morgan fingerprint density at radius 2 is 1.75 bits per heavy atom. The van der Waals surface area contributed by atoms with E-state index in [0.717, 1.165) is 25.7 Å². The van der Waals surface area contributed by atoms with Crippen molar-refractivity contribution < 1.29 is 14.3 Å². The highest BCUT2D eigenvalue weighted by molar-refractivity contribution is 5.80. The molecule has 4 heteroatoms. The van der Waals surface area contributed by atoms with E-state index in [1.807, 2.05) is 11.8 Å². The molecule has 1 rings (SSSR count). The summed E-state index contributed by atoms with van der Waals surface area (Å²) in [6.07, 6.45) is 6.60. The van der Waals surface area contributed by atoms with Crippen LogP contribution < -0.4 is 0 Å². The second kappa shape index (κ2) is 8.98. The monoisotopic (exact) mass is 283 g/mol. The molecule has 1 saturated carbocycles. The summed E-state index contributed by atoms with van der Waals surface area (Å²) in [6, 6.07) is 0.331. The van der Waals surface area contributed by atoms with Crippen molar-refractivity contribution in [2.75, 3.05) is 13.2 Å². The number of esters is 1. The third-order valence-corrected chi connectivity index (χ3v) is 4.25. The van der Waals surface area contributed by atoms with Crippen molar-refractivity contribution in [3.8, 4) is 0 Å². The largest absolute Gasteiger partial charge is 0.466 e. The van der Waals surface area contributed by atoms with Crippen molar-refractivity contribution in [2.45, 2.75) is 71.8 Å². The summed E-state index contributed by atoms with van der Waals surface area (Å²) >= 11 is 0. The van der Waals surface area contributed by atoms with Gasteiger partial charge in [-0.2, -0.15) is 0 Å². The Balaban J connectivity index is 2.64. The number of hydrogen-bond acceptors (Lipinski definition) is 3. The lowest BCUT2D eigenvalue weighted by atomic mass is 10.00. The number of carbonyl (C=O) groups is 2. The molecule has 0 heterocycles. The SMILES string of the molecule is CCOC(=O)CCN(C(=O)C(CC)CC)C1CCCC1. The summed E-state index contributed by atoms with van der Waals surface area (Å²) in [5.41, 5.74) is 0. The van der Waals surface area contributed by atoms with Gasteiger partial charge >= 0.3 is 5.97 Å². The van der Waals surface area contributed by atoms with E-state index in [2.05, 4.69) is 13.8 Å². The summed E-state index contributed by atoms with van der Waals surface area (Å²) in [5, 5.41) is 0. The van der Waals surface area contributed by atoms with Gasteiger partial charge in [0.15, 0.2) is 0 Å². The first-order chi connectivity index (χ1) is 9.63. The predicted molar refractivity (Wildman–Crippen MR) is 79.3 cm³/mol. The van der Waals surface area contributed by atoms with Gasteiger partial charge < -0.3 is 9.64 Å². The second-order valence-corrected chi connectivity index (χ2v) is 5.54. The minimum absolute atomic E-state index is 0.0952. The summed E-state index contributed by atoms with van der Waals surface area (Å²) in [5.74, 6) is 0.122. The normalized spacial score (nSPS) is 15.6. The third-order valence-electron chi connectivity index (χ3n) is 4.25. The van der Waals surface area contributed by atoms with Crippen molar-refractivity contribution >= 4 is 11.9 Å². The van der Waals surface area contributed by atoms with Gasteiger partial charge in [0.1, 0.15) is 0 Å². The van der Waals surface area contributed by atoms with E-state index in [1.54, 1.807) is 0 Å². The maximum absolute atomic E-state index is 12.6. The molecule has 0 N–H and O–H groups in total. The van der Waals surface area contributed by atoms with E-state index in [9.17, 15) is 9.59 Å². The first-order valence-corrected chi connectivity index (χ1v) is 8.10. The molecule has 0 unspecified atom stereocenters. The van der Waals surface area contributed by atoms with Crippen LogP contribution in [0.1, 0.15) is 65.7 Å². The zero-order valence-electron chi connectivity index (χ0n) is 13.2. The Morgan fingerprint density at radius 3 is 2.25 bits per heavy atom. The highest BCUT2D eigenvalue weighted by Crippen LogP contribution is 2.26. The number of amides is 1. The Morgan fingerprint density at radius 1 is 1.15 bits per heavy atom. The van der Waals surface area contributed by atoms with Crippen molar-refractivity contribution in [1.29, 1.82) is 0 Å². The summed E-state index contributed by atoms with van der Waals surface area (Å²) in [6.45, 7) is 6.85. The average molecular weight is 283 g/mol. The first kappa shape index (κ1) is 17.0. The second-order valence-electron chi connectivity index (χ2n) is 5.54. The van der Waals surface area contributed by atoms with Crippen molar-refractivity contribution in [2.24, 2.45) is 5.92 Å². The van der Waals surface area contributed by atoms with Gasteiger partial charge in [-0.25, -0.2) is 0 Å². The molecule has 0 saturated heterocycles. The van der Waals surface area contributed by atoms with Gasteiger partial charge in [-0.1, -0.05) is 26.7 Å². The standard InChI is InChI=1S/C16H29NO3/c1-4-13(5-2)16(19)17(14-9-7-8-10-14)12-11-15(18)20-6-3/h13-14H,4-12H2,1-3H3. The molecule has 0 aromatic carbocycles. The fourth-order valence-electron chi connectivity index (χ4n) is 3.01. The lowest BCUT2D eigenvalue weighted by molar-refractivity contribution is -0.145. The molecule has 1 aliphatic carbocycles. The smallest absolute Gasteiger partial charge is 0.307 e. The summed E-state index contributed by atoms with van der Waals surface area (Å²) < 4.78 is 4.97. The number of rotatable bonds is 8. The lowest BCUT2D eigenvalue weighted by Crippen LogP contribution is -2.43. The highest BCUT2D eigenvalue weighted by atomic mass is 16.5. The third kappa shape index (κ3) is 4.80. The molecule has 0 atom stereocenters. The fraction of sp³-hybridized carbons (Fsp3) is 0.875. The van der Waals surface area contributed by atoms with Crippen LogP contribution in [0.25, 0.3) is 0 Å². The zero-order valence-corrected chi connectivity index (χ0v) is 13.2. The minimum atomic E-state index is -0.201. The van der Waals surface area contributed by atoms with E-state index >= 15 is 0 Å². The van der Waals surface area contributed by atoms with Crippen LogP contribution in [0.4, 0.5) is 0 Å². The van der Waals surface area contributed by atoms with Crippen LogP contribution in [0.3, 0.4) is 0 Å². The van der Waals surface area contributed by atoms with Crippen LogP contribution >= 0.6 is 0 Å². The van der Waals surface area contributed by atoms with Gasteiger partial charge in [-0.3, -0.25) is 9.59 Å². The molecule has 20 heavy (non-hydrogen) atoms. The number of nitrogens with zero attached hydrogens (tertiary/aromatic N) is 1. The maximum Gasteiger partial charge on any atom is 0.307 e. The molecular weight excluding hydrogens is 254 g/mol. The quantitative estimate of drug-likeness (QED) is 0.643. The van der Waals surface area contributed by atoms with Gasteiger partial charge in [0, 0.05) is 18.5 Å². The van der Waals surface area contributed by atoms with Crippen LogP contribution in [0.15, 0.2) is 0 Å². The molecule has 0 aromatic heterocycles. The molecule has 1 aliphatic rings. The van der Waals surface area contributed by atoms with Crippen LogP contribution in [0.5, 0.6) is 0 Å². The van der Waals surface area contributed by atoms with Crippen LogP contribution in [-0.2, 0) is 14.3 Å². The molecule has 0 aromatic rings. The Bertz CT molecular complexity index is 307. The van der Waals surface area contributed by atoms with Gasteiger partial charge in [0.25, 0.3) is 0 Å². The van der Waals surface area contributed by atoms with E-state index in [4.69, 9.17) is 4.74 Å². The van der Waals surface area contributed by atoms with Crippen LogP contribution in [-0.4, -0.2) is 36.0 Å². The van der Waals surface area contributed by atoms with E-state index in [0.29, 0.717) is 25.6 Å². The van der Waals surface area contributed by atoms with Crippen molar-refractivity contribution in [3.05, 3.63) is 0 Å². The molecule has 0 bridgehead atoms. The molecular formula is C16H29NO3. The zero-order chi connectivity index (χ0) is 15.0. The summed E-state index contributed by atoms with van der Waals surface area (Å²) in [4.78, 5) is 26.1. The Labute approximate surface area is 122 Å². The van der Waals surface area contributed by atoms with E-state index < -0.39 is 0 Å². The minimum Gasteiger partial charge on any atom is -0.466 e. The Kier molecular flexibility index (Phi) is 7.63. The topological polar surface area (TPSA) is 46.6 Å². The van der Waals surface area contributed by atoms with Gasteiger partial charge in [-0.05, 0) is 32.6 Å². The van der Waals surface area contributed by atoms with Crippen molar-refractivity contribution in [1.82, 2.24) is 4.90 Å². The average Bonchev–Trinajstić information content (AvgIpc) is 2.94. The van der Waals surface area contributed by atoms with Crippen LogP contribution in [0.2, 0.25) is 0 Å². The molecule has 0 radical (unpaired) electrons. The highest BCUT2D eigenvalue weighted by Gasteiger charge is 2.30. The fourth-order valence-corrected chi connectivity index (χ4v) is 3.01. The van der Waals surface area contributed by atoms with E-state index in [-0.39, 0.29) is 17.8 Å². The molecule has 1 amide bonds. The Hall–Kier alpha value is -1.06. The number of hydrogen-bond donors (Lipinski definition) is 0. The summed E-state index contributed by atoms with van der Waals surface area (Å²) in [7, 11) is 0. The molecule has 0 aliphatic heterocycles. The molecule has 0 spiro atoms. The molecule has 4 nitrogen and oxygen atoms in total. The molecule has 1 fully saturated rings. The van der Waals surface area contributed by atoms with Gasteiger partial charge in [-0.15, -0.1) is 0 Å². The maximum atomic E-state index is 12.6. The van der Waals surface area contributed by atoms with Gasteiger partial charge in [0.2, 0.25) is 5.91 Å². The van der Waals surface area contributed by atoms with E-state index in [1.165, 1.54) is 12.8 Å². The van der Waals surface area contributed by atoms with Crippen LogP contribution in [0, 0.1) is 5.92 Å². The first-order valence-electron chi connectivity index (χ1n) is 8.10. The van der Waals surface area contributed by atoms with Crippen molar-refractivity contribution in [3.63, 3.8) is 0 Å². The molecule has 116 valence electrons. The number of ether oxygens (including phenoxy) is 1.